The van der Waals surface area contributed by atoms with Gasteiger partial charge in [-0.15, -0.1) is 0 Å². The van der Waals surface area contributed by atoms with E-state index in [1.807, 2.05) is 72.8 Å². The Hall–Kier alpha value is -3.17. The normalized spacial score (nSPS) is 10.1. The molecule has 0 aliphatic heterocycles. The Labute approximate surface area is 209 Å². The minimum absolute atomic E-state index is 0. The summed E-state index contributed by atoms with van der Waals surface area (Å²) in [7, 11) is -12.0. The summed E-state index contributed by atoms with van der Waals surface area (Å²) in [6.07, 6.45) is 7.07. The van der Waals surface area contributed by atoms with Crippen LogP contribution < -0.4 is 0 Å². The van der Waals surface area contributed by atoms with Crippen molar-refractivity contribution in [2.24, 2.45) is 0 Å². The van der Waals surface area contributed by atoms with Gasteiger partial charge in [-0.2, -0.15) is 0 Å². The molecule has 0 unspecified atom stereocenters. The molecule has 0 aliphatic carbocycles. The van der Waals surface area contributed by atoms with Gasteiger partial charge in [0.2, 0.25) is 0 Å². The van der Waals surface area contributed by atoms with E-state index in [0.29, 0.717) is 0 Å². The van der Waals surface area contributed by atoms with Crippen LogP contribution in [0.4, 0.5) is 34.5 Å². The molecule has 0 N–H and O–H groups in total. The molecule has 0 saturated heterocycles. The van der Waals surface area contributed by atoms with Gasteiger partial charge >= 0.3 is 34.9 Å². The van der Waals surface area contributed by atoms with Crippen LogP contribution in [0.3, 0.4) is 0 Å². The van der Waals surface area contributed by atoms with E-state index in [-0.39, 0.29) is 20.4 Å². The molecule has 0 radical (unpaired) electrons. The summed E-state index contributed by atoms with van der Waals surface area (Å²) in [5.41, 5.74) is 3.66. The molecule has 35 heavy (non-hydrogen) atoms. The molecule has 0 atom stereocenters. The number of hydrogen-bond acceptors (Lipinski definition) is 4. The molecule has 0 spiro atoms. The van der Waals surface area contributed by atoms with Gasteiger partial charge in [0.25, 0.3) is 0 Å². The van der Waals surface area contributed by atoms with Crippen molar-refractivity contribution >= 4 is 14.5 Å². The fraction of sp³-hybridized carbons (Fsp3) is 0. The van der Waals surface area contributed by atoms with Crippen LogP contribution in [-0.2, 0) is 20.4 Å². The molecule has 0 aliphatic rings. The molecule has 4 aromatic rings. The summed E-state index contributed by atoms with van der Waals surface area (Å²) < 4.78 is 78.0. The summed E-state index contributed by atoms with van der Waals surface area (Å²) in [6, 6.07) is 23.2. The third-order valence-electron chi connectivity index (χ3n) is 3.18. The van der Waals surface area contributed by atoms with E-state index in [0.717, 1.165) is 22.8 Å². The zero-order valence-electron chi connectivity index (χ0n) is 17.5. The van der Waals surface area contributed by atoms with Gasteiger partial charge in [-0.25, -0.2) is 0 Å². The van der Waals surface area contributed by atoms with Gasteiger partial charge in [-0.3, -0.25) is 19.9 Å². The van der Waals surface area contributed by atoms with Gasteiger partial charge in [0.15, 0.2) is 0 Å². The van der Waals surface area contributed by atoms with Crippen LogP contribution in [0.1, 0.15) is 0 Å². The topological polar surface area (TPSA) is 51.6 Å². The number of aromatic nitrogens is 4. The first-order chi connectivity index (χ1) is 15.9. The summed E-state index contributed by atoms with van der Waals surface area (Å²) in [6.45, 7) is 0. The van der Waals surface area contributed by atoms with Crippen molar-refractivity contribution in [3.8, 4) is 22.8 Å². The Morgan fingerprint density at radius 1 is 0.371 bits per heavy atom. The van der Waals surface area contributed by atoms with E-state index >= 15 is 0 Å². The first-order valence-corrected chi connectivity index (χ1v) is 9.33. The van der Waals surface area contributed by atoms with Crippen LogP contribution in [0.2, 0.25) is 0 Å². The molecule has 4 nitrogen and oxygen atoms in total. The van der Waals surface area contributed by atoms with Gasteiger partial charge in [-0.1, -0.05) is 24.3 Å². The van der Waals surface area contributed by atoms with Gasteiger partial charge in [0, 0.05) is 24.8 Å². The second kappa shape index (κ2) is 16.5. The molecule has 0 fully saturated rings. The number of nitrogens with zero attached hydrogens (tertiary/aromatic N) is 4. The van der Waals surface area contributed by atoms with Crippen LogP contribution in [-0.4, -0.2) is 34.4 Å². The summed E-state index contributed by atoms with van der Waals surface area (Å²) in [5.74, 6) is 0. The fourth-order valence-electron chi connectivity index (χ4n) is 2.06. The van der Waals surface area contributed by atoms with Gasteiger partial charge in [-0.05, 0) is 48.5 Å². The third kappa shape index (κ3) is 18.9. The van der Waals surface area contributed by atoms with Crippen molar-refractivity contribution in [3.05, 3.63) is 97.6 Å². The first kappa shape index (κ1) is 31.8. The zero-order chi connectivity index (χ0) is 25.5. The minimum Gasteiger partial charge on any atom is -0.418 e. The third-order valence-corrected chi connectivity index (χ3v) is 3.18. The average molecular weight is 592 g/mol. The molecule has 4 heterocycles. The molecular formula is C20H16B2F8N4Pd. The van der Waals surface area contributed by atoms with E-state index in [2.05, 4.69) is 19.9 Å². The Morgan fingerprint density at radius 3 is 0.657 bits per heavy atom. The predicted octanol–water partition coefficient (Wildman–Crippen LogP) is 6.88. The van der Waals surface area contributed by atoms with Gasteiger partial charge < -0.3 is 34.5 Å². The number of pyridine rings is 4. The van der Waals surface area contributed by atoms with E-state index in [1.165, 1.54) is 0 Å². The molecule has 0 bridgehead atoms. The quantitative estimate of drug-likeness (QED) is 0.188. The standard InChI is InChI=1S/2C10H8N2.2BF4.Pd/c2*1-3-7-11-9(5-1)10-6-2-4-8-12-10;2*2-1(3,4)5;/h2*1-8H;;;/q;;2*-1;+2. The summed E-state index contributed by atoms with van der Waals surface area (Å²) in [5, 5.41) is 0. The SMILES string of the molecule is F[B-](F)(F)F.F[B-](F)(F)F.[Pd+2].c1ccc(-c2ccccn2)nc1.c1ccc(-c2ccccn2)nc1. The van der Waals surface area contributed by atoms with E-state index in [1.54, 1.807) is 24.8 Å². The van der Waals surface area contributed by atoms with Crippen LogP contribution >= 0.6 is 0 Å². The van der Waals surface area contributed by atoms with Crippen LogP contribution in [0.5, 0.6) is 0 Å². The van der Waals surface area contributed by atoms with Crippen molar-refractivity contribution < 1.29 is 54.9 Å². The smallest absolute Gasteiger partial charge is 0.418 e. The van der Waals surface area contributed by atoms with Crippen molar-refractivity contribution in [2.45, 2.75) is 0 Å². The molecule has 4 aromatic heterocycles. The second-order valence-corrected chi connectivity index (χ2v) is 5.85. The molecule has 0 aromatic carbocycles. The second-order valence-electron chi connectivity index (χ2n) is 5.85. The molecule has 0 amide bonds. The van der Waals surface area contributed by atoms with Gasteiger partial charge in [0.05, 0.1) is 22.8 Å². The Bertz CT molecular complexity index is 873. The van der Waals surface area contributed by atoms with Crippen molar-refractivity contribution in [1.82, 2.24) is 19.9 Å². The Morgan fingerprint density at radius 2 is 0.543 bits per heavy atom. The molecule has 0 saturated carbocycles. The Balaban J connectivity index is 0.000000475. The van der Waals surface area contributed by atoms with Crippen molar-refractivity contribution in [1.29, 1.82) is 0 Å². The molecule has 15 heteroatoms. The number of halogens is 8. The maximum atomic E-state index is 9.75. The van der Waals surface area contributed by atoms with Gasteiger partial charge in [0.1, 0.15) is 0 Å². The molecule has 188 valence electrons. The zero-order valence-corrected chi connectivity index (χ0v) is 19.1. The largest absolute Gasteiger partial charge is 2.00 e. The maximum absolute atomic E-state index is 9.75. The van der Waals surface area contributed by atoms with Crippen molar-refractivity contribution in [3.63, 3.8) is 0 Å². The summed E-state index contributed by atoms with van der Waals surface area (Å²) >= 11 is 0. The van der Waals surface area contributed by atoms with E-state index in [9.17, 15) is 34.5 Å². The molecule has 4 rings (SSSR count). The first-order valence-electron chi connectivity index (χ1n) is 9.33. The number of hydrogen-bond donors (Lipinski definition) is 0. The maximum Gasteiger partial charge on any atom is 2.00 e. The monoisotopic (exact) mass is 592 g/mol. The number of rotatable bonds is 2. The summed E-state index contributed by atoms with van der Waals surface area (Å²) in [4.78, 5) is 16.7. The van der Waals surface area contributed by atoms with E-state index in [4.69, 9.17) is 0 Å². The minimum atomic E-state index is -6.00. The van der Waals surface area contributed by atoms with Crippen LogP contribution in [0, 0.1) is 0 Å². The van der Waals surface area contributed by atoms with Crippen LogP contribution in [0.15, 0.2) is 97.6 Å². The average Bonchev–Trinajstić information content (AvgIpc) is 2.80. The fourth-order valence-corrected chi connectivity index (χ4v) is 2.06. The Kier molecular flexibility index (Phi) is 15.0. The predicted molar refractivity (Wildman–Crippen MR) is 115 cm³/mol. The van der Waals surface area contributed by atoms with E-state index < -0.39 is 14.5 Å². The molecular weight excluding hydrogens is 576 g/mol. The van der Waals surface area contributed by atoms with Crippen molar-refractivity contribution in [2.75, 3.05) is 0 Å². The van der Waals surface area contributed by atoms with Crippen LogP contribution in [0.25, 0.3) is 22.8 Å².